The third-order valence-corrected chi connectivity index (χ3v) is 8.36. The Morgan fingerprint density at radius 3 is 2.14 bits per heavy atom. The van der Waals surface area contributed by atoms with Crippen LogP contribution in [-0.4, -0.2) is 35.1 Å². The molecule has 0 spiro atoms. The molecule has 44 heavy (non-hydrogen) atoms. The van der Waals surface area contributed by atoms with E-state index in [4.69, 9.17) is 14.5 Å². The summed E-state index contributed by atoms with van der Waals surface area (Å²) < 4.78 is 10.8. The summed E-state index contributed by atoms with van der Waals surface area (Å²) in [6, 6.07) is 22.3. The molecular weight excluding hydrogens is 550 g/mol. The molecule has 1 amide bonds. The van der Waals surface area contributed by atoms with Gasteiger partial charge in [0, 0.05) is 48.5 Å². The summed E-state index contributed by atoms with van der Waals surface area (Å²) in [6.07, 6.45) is 9.36. The molecule has 6 rings (SSSR count). The van der Waals surface area contributed by atoms with Crippen molar-refractivity contribution in [1.82, 2.24) is 15.0 Å². The number of pyridine rings is 3. The molecule has 8 heteroatoms. The predicted molar refractivity (Wildman–Crippen MR) is 174 cm³/mol. The van der Waals surface area contributed by atoms with Gasteiger partial charge in [-0.1, -0.05) is 37.6 Å². The first-order chi connectivity index (χ1) is 21.5. The smallest absolute Gasteiger partial charge is 0.228 e. The lowest BCUT2D eigenvalue weighted by atomic mass is 9.85. The minimum absolute atomic E-state index is 0.0405. The van der Waals surface area contributed by atoms with Crippen LogP contribution >= 0.6 is 0 Å². The van der Waals surface area contributed by atoms with Crippen molar-refractivity contribution in [3.05, 3.63) is 102 Å². The van der Waals surface area contributed by atoms with Crippen LogP contribution in [0.2, 0.25) is 0 Å². The van der Waals surface area contributed by atoms with Crippen LogP contribution in [0, 0.1) is 5.92 Å². The fraction of sp³-hybridized carbons (Fsp3) is 0.278. The standard InChI is InChI=1S/C36H37N5O3/c1-4-26-16-17-37-20-31(26)33-18-28-19-34(40-36(42)27-6-5-7-27)38-21-32(28)35(39-33)41(22-24-8-12-29(43-2)13-9-24)23-25-10-14-30(44-3)15-11-25/h8-21,27H,4-7,22-23H2,1-3H3,(H,38,40,42). The number of methoxy groups -OCH3 is 2. The molecular formula is C36H37N5O3. The quantitative estimate of drug-likeness (QED) is 0.175. The number of carbonyl (C=O) groups is 1. The SMILES string of the molecule is CCc1ccncc1-c1cc2cc(NC(=O)C3CCC3)ncc2c(N(Cc2ccc(OC)cc2)Cc2ccc(OC)cc2)n1. The van der Waals surface area contributed by atoms with E-state index in [0.717, 1.165) is 76.2 Å². The second kappa shape index (κ2) is 13.1. The lowest BCUT2D eigenvalue weighted by Gasteiger charge is -2.27. The molecule has 1 fully saturated rings. The number of amides is 1. The van der Waals surface area contributed by atoms with Crippen LogP contribution in [0.1, 0.15) is 42.9 Å². The Morgan fingerprint density at radius 2 is 1.57 bits per heavy atom. The summed E-state index contributed by atoms with van der Waals surface area (Å²) in [6.45, 7) is 3.35. The molecule has 0 atom stereocenters. The Kier molecular flexibility index (Phi) is 8.68. The molecule has 3 heterocycles. The number of carbonyl (C=O) groups excluding carboxylic acids is 1. The average molecular weight is 588 g/mol. The zero-order chi connectivity index (χ0) is 30.5. The fourth-order valence-electron chi connectivity index (χ4n) is 5.55. The van der Waals surface area contributed by atoms with Gasteiger partial charge < -0.3 is 19.7 Å². The van der Waals surface area contributed by atoms with Crippen LogP contribution in [0.5, 0.6) is 11.5 Å². The van der Waals surface area contributed by atoms with Gasteiger partial charge in [-0.3, -0.25) is 9.78 Å². The predicted octanol–water partition coefficient (Wildman–Crippen LogP) is 7.22. The van der Waals surface area contributed by atoms with E-state index in [-0.39, 0.29) is 11.8 Å². The first kappa shape index (κ1) is 29.1. The first-order valence-electron chi connectivity index (χ1n) is 15.1. The fourth-order valence-corrected chi connectivity index (χ4v) is 5.55. The lowest BCUT2D eigenvalue weighted by molar-refractivity contribution is -0.122. The van der Waals surface area contributed by atoms with Crippen molar-refractivity contribution in [2.45, 2.75) is 45.7 Å². The van der Waals surface area contributed by atoms with E-state index in [9.17, 15) is 4.79 Å². The number of hydrogen-bond donors (Lipinski definition) is 1. The summed E-state index contributed by atoms with van der Waals surface area (Å²) in [7, 11) is 3.34. The summed E-state index contributed by atoms with van der Waals surface area (Å²) in [5.41, 5.74) is 5.22. The summed E-state index contributed by atoms with van der Waals surface area (Å²) >= 11 is 0. The number of nitrogens with zero attached hydrogens (tertiary/aromatic N) is 4. The Labute approximate surface area is 258 Å². The van der Waals surface area contributed by atoms with Crippen LogP contribution < -0.4 is 19.7 Å². The van der Waals surface area contributed by atoms with E-state index in [1.807, 2.05) is 55.0 Å². The molecule has 3 aromatic heterocycles. The maximum absolute atomic E-state index is 12.8. The molecule has 2 aromatic carbocycles. The second-order valence-corrected chi connectivity index (χ2v) is 11.2. The second-order valence-electron chi connectivity index (χ2n) is 11.2. The van der Waals surface area contributed by atoms with Gasteiger partial charge in [-0.2, -0.15) is 0 Å². The Morgan fingerprint density at radius 1 is 0.909 bits per heavy atom. The van der Waals surface area contributed by atoms with Crippen molar-refractivity contribution >= 4 is 28.3 Å². The maximum atomic E-state index is 12.8. The summed E-state index contributed by atoms with van der Waals surface area (Å²) in [5, 5.41) is 4.90. The van der Waals surface area contributed by atoms with Gasteiger partial charge in [0.05, 0.1) is 19.9 Å². The summed E-state index contributed by atoms with van der Waals surface area (Å²) in [4.78, 5) is 29.5. The zero-order valence-electron chi connectivity index (χ0n) is 25.4. The molecule has 0 bridgehead atoms. The summed E-state index contributed by atoms with van der Waals surface area (Å²) in [5.74, 6) is 3.09. The molecule has 224 valence electrons. The molecule has 1 aliphatic rings. The first-order valence-corrected chi connectivity index (χ1v) is 15.1. The van der Waals surface area contributed by atoms with Crippen LogP contribution in [0.3, 0.4) is 0 Å². The average Bonchev–Trinajstić information content (AvgIpc) is 3.03. The highest BCUT2D eigenvalue weighted by atomic mass is 16.5. The highest BCUT2D eigenvalue weighted by molar-refractivity contribution is 5.98. The number of anilines is 2. The van der Waals surface area contributed by atoms with E-state index >= 15 is 0 Å². The van der Waals surface area contributed by atoms with Crippen molar-refractivity contribution in [2.24, 2.45) is 5.92 Å². The minimum Gasteiger partial charge on any atom is -0.497 e. The number of benzene rings is 2. The van der Waals surface area contributed by atoms with Crippen molar-refractivity contribution in [3.63, 3.8) is 0 Å². The number of rotatable bonds is 11. The zero-order valence-corrected chi connectivity index (χ0v) is 25.4. The number of hydrogen-bond acceptors (Lipinski definition) is 7. The monoisotopic (exact) mass is 587 g/mol. The molecule has 0 unspecified atom stereocenters. The minimum atomic E-state index is 0.0405. The Bertz CT molecular complexity index is 1700. The van der Waals surface area contributed by atoms with E-state index < -0.39 is 0 Å². The highest BCUT2D eigenvalue weighted by Gasteiger charge is 2.26. The van der Waals surface area contributed by atoms with E-state index in [1.165, 1.54) is 5.56 Å². The molecule has 0 aliphatic heterocycles. The van der Waals surface area contributed by atoms with Crippen molar-refractivity contribution in [2.75, 3.05) is 24.4 Å². The number of aryl methyl sites for hydroxylation is 1. The van der Waals surface area contributed by atoms with Gasteiger partial charge in [-0.25, -0.2) is 9.97 Å². The number of fused-ring (bicyclic) bond motifs is 1. The third kappa shape index (κ3) is 6.34. The normalized spacial score (nSPS) is 12.9. The van der Waals surface area contributed by atoms with Gasteiger partial charge >= 0.3 is 0 Å². The highest BCUT2D eigenvalue weighted by Crippen LogP contribution is 2.34. The maximum Gasteiger partial charge on any atom is 0.228 e. The topological polar surface area (TPSA) is 89.5 Å². The van der Waals surface area contributed by atoms with Crippen molar-refractivity contribution < 1.29 is 14.3 Å². The van der Waals surface area contributed by atoms with E-state index in [1.54, 1.807) is 14.2 Å². The van der Waals surface area contributed by atoms with Crippen molar-refractivity contribution in [3.8, 4) is 22.8 Å². The van der Waals surface area contributed by atoms with Gasteiger partial charge in [0.2, 0.25) is 5.91 Å². The van der Waals surface area contributed by atoms with Crippen LogP contribution in [0.15, 0.2) is 85.3 Å². The van der Waals surface area contributed by atoms with Crippen LogP contribution in [0.4, 0.5) is 11.6 Å². The van der Waals surface area contributed by atoms with Crippen molar-refractivity contribution in [1.29, 1.82) is 0 Å². The number of aromatic nitrogens is 3. The Balaban J connectivity index is 1.47. The molecule has 1 N–H and O–H groups in total. The molecule has 0 saturated heterocycles. The van der Waals surface area contributed by atoms with Crippen LogP contribution in [0.25, 0.3) is 22.0 Å². The molecule has 0 radical (unpaired) electrons. The molecule has 1 saturated carbocycles. The van der Waals surface area contributed by atoms with Gasteiger partial charge in [-0.05, 0) is 83.8 Å². The largest absolute Gasteiger partial charge is 0.497 e. The van der Waals surface area contributed by atoms with Gasteiger partial charge in [-0.15, -0.1) is 0 Å². The van der Waals surface area contributed by atoms with E-state index in [0.29, 0.717) is 18.9 Å². The third-order valence-electron chi connectivity index (χ3n) is 8.36. The number of ether oxygens (including phenoxy) is 2. The molecule has 8 nitrogen and oxygen atoms in total. The number of nitrogens with one attached hydrogen (secondary N) is 1. The Hall–Kier alpha value is -4.98. The van der Waals surface area contributed by atoms with Gasteiger partial charge in [0.15, 0.2) is 0 Å². The molecule has 5 aromatic rings. The van der Waals surface area contributed by atoms with Gasteiger partial charge in [0.1, 0.15) is 23.1 Å². The lowest BCUT2D eigenvalue weighted by Crippen LogP contribution is -2.28. The molecule has 1 aliphatic carbocycles. The van der Waals surface area contributed by atoms with Gasteiger partial charge in [0.25, 0.3) is 0 Å². The van der Waals surface area contributed by atoms with E-state index in [2.05, 4.69) is 57.4 Å². The van der Waals surface area contributed by atoms with Crippen LogP contribution in [-0.2, 0) is 24.3 Å².